The van der Waals surface area contributed by atoms with E-state index in [1.54, 1.807) is 12.1 Å². The Morgan fingerprint density at radius 2 is 1.76 bits per heavy atom. The van der Waals surface area contributed by atoms with Gasteiger partial charge in [-0.2, -0.15) is 0 Å². The van der Waals surface area contributed by atoms with E-state index in [2.05, 4.69) is 13.8 Å². The predicted octanol–water partition coefficient (Wildman–Crippen LogP) is 3.07. The van der Waals surface area contributed by atoms with Crippen LogP contribution in [0.2, 0.25) is 0 Å². The van der Waals surface area contributed by atoms with E-state index in [9.17, 15) is 4.79 Å². The fraction of sp³-hybridized carbons (Fsp3) is 0.632. The Kier molecular flexibility index (Phi) is 4.82. The monoisotopic (exact) mass is 350 g/mol. The van der Waals surface area contributed by atoms with Crippen molar-refractivity contribution < 1.29 is 28.5 Å². The van der Waals surface area contributed by atoms with E-state index in [4.69, 9.17) is 23.7 Å². The number of esters is 1. The lowest BCUT2D eigenvalue weighted by molar-refractivity contribution is -0.243. The molecule has 2 aliphatic rings. The third kappa shape index (κ3) is 2.92. The minimum absolute atomic E-state index is 0.149. The number of ether oxygens (including phenoxy) is 5. The van der Waals surface area contributed by atoms with E-state index in [0.29, 0.717) is 22.8 Å². The number of carbonyl (C=O) groups excluding carboxylic acids is 1. The van der Waals surface area contributed by atoms with Crippen LogP contribution >= 0.6 is 0 Å². The van der Waals surface area contributed by atoms with Crippen molar-refractivity contribution >= 4 is 5.97 Å². The Hall–Kier alpha value is -1.95. The molecular formula is C19H26O6. The third-order valence-corrected chi connectivity index (χ3v) is 5.36. The summed E-state index contributed by atoms with van der Waals surface area (Å²) in [5.41, 5.74) is 0.201. The first-order valence-electron chi connectivity index (χ1n) is 8.56. The molecule has 0 amide bonds. The van der Waals surface area contributed by atoms with Crippen molar-refractivity contribution in [3.05, 3.63) is 17.7 Å². The lowest BCUT2D eigenvalue weighted by Gasteiger charge is -2.58. The molecule has 1 aliphatic heterocycles. The van der Waals surface area contributed by atoms with Crippen LogP contribution in [0.4, 0.5) is 0 Å². The molecule has 0 bridgehead atoms. The molecule has 0 spiro atoms. The molecule has 6 nitrogen and oxygen atoms in total. The van der Waals surface area contributed by atoms with Gasteiger partial charge in [-0.1, -0.05) is 13.8 Å². The van der Waals surface area contributed by atoms with Gasteiger partial charge in [0.1, 0.15) is 6.10 Å². The predicted molar refractivity (Wildman–Crippen MR) is 91.5 cm³/mol. The average Bonchev–Trinajstić information content (AvgIpc) is 2.64. The molecule has 0 N–H and O–H groups in total. The van der Waals surface area contributed by atoms with Gasteiger partial charge in [0.15, 0.2) is 11.5 Å². The van der Waals surface area contributed by atoms with Gasteiger partial charge in [0.05, 0.1) is 33.0 Å². The molecule has 0 unspecified atom stereocenters. The van der Waals surface area contributed by atoms with Crippen molar-refractivity contribution in [3.63, 3.8) is 0 Å². The molecular weight excluding hydrogens is 324 g/mol. The Bertz CT molecular complexity index is 628. The first kappa shape index (κ1) is 17.9. The zero-order chi connectivity index (χ0) is 18.2. The number of hydrogen-bond donors (Lipinski definition) is 0. The second-order valence-electron chi connectivity index (χ2n) is 7.16. The van der Waals surface area contributed by atoms with E-state index in [1.165, 1.54) is 21.3 Å². The minimum atomic E-state index is -0.388. The number of rotatable bonds is 5. The van der Waals surface area contributed by atoms with Crippen LogP contribution in [0.5, 0.6) is 17.2 Å². The number of hydrogen-bond acceptors (Lipinski definition) is 6. The normalized spacial score (nSPS) is 26.8. The fourth-order valence-electron chi connectivity index (χ4n) is 4.10. The van der Waals surface area contributed by atoms with Gasteiger partial charge >= 0.3 is 5.97 Å². The largest absolute Gasteiger partial charge is 0.493 e. The van der Waals surface area contributed by atoms with Crippen molar-refractivity contribution in [3.8, 4) is 17.2 Å². The van der Waals surface area contributed by atoms with Gasteiger partial charge in [-0.05, 0) is 25.0 Å². The summed E-state index contributed by atoms with van der Waals surface area (Å²) < 4.78 is 27.6. The highest BCUT2D eigenvalue weighted by molar-refractivity contribution is 5.91. The van der Waals surface area contributed by atoms with Gasteiger partial charge in [-0.25, -0.2) is 4.79 Å². The lowest BCUT2D eigenvalue weighted by atomic mass is 9.57. The molecule has 2 fully saturated rings. The lowest BCUT2D eigenvalue weighted by Crippen LogP contribution is -2.65. The number of carbonyl (C=O) groups is 1. The fourth-order valence-corrected chi connectivity index (χ4v) is 4.10. The van der Waals surface area contributed by atoms with Gasteiger partial charge in [0, 0.05) is 17.9 Å². The second kappa shape index (κ2) is 6.75. The van der Waals surface area contributed by atoms with E-state index in [1.807, 2.05) is 0 Å². The Morgan fingerprint density at radius 3 is 2.32 bits per heavy atom. The summed E-state index contributed by atoms with van der Waals surface area (Å²) in [6, 6.07) is 3.23. The quantitative estimate of drug-likeness (QED) is 0.761. The first-order chi connectivity index (χ1) is 11.9. The Balaban J connectivity index is 1.82. The van der Waals surface area contributed by atoms with Gasteiger partial charge in [-0.3, -0.25) is 0 Å². The molecule has 25 heavy (non-hydrogen) atoms. The molecule has 1 aromatic carbocycles. The van der Waals surface area contributed by atoms with E-state index < -0.39 is 0 Å². The summed E-state index contributed by atoms with van der Waals surface area (Å²) in [6.07, 6.45) is 2.06. The number of fused-ring (bicyclic) bond motifs is 1. The van der Waals surface area contributed by atoms with Gasteiger partial charge in [0.25, 0.3) is 0 Å². The topological polar surface area (TPSA) is 63.2 Å². The van der Waals surface area contributed by atoms with Crippen molar-refractivity contribution in [1.29, 1.82) is 0 Å². The highest BCUT2D eigenvalue weighted by atomic mass is 16.6. The van der Waals surface area contributed by atoms with Crippen LogP contribution in [0.1, 0.15) is 37.0 Å². The van der Waals surface area contributed by atoms with E-state index in [-0.39, 0.29) is 29.5 Å². The summed E-state index contributed by atoms with van der Waals surface area (Å²) in [7, 11) is 4.56. The third-order valence-electron chi connectivity index (χ3n) is 5.36. The SMILES string of the molecule is COc1cc(C(=O)O[C@@H]2[C@@H]3CCCO[C@H]3C2(C)C)cc(OC)c1OC. The summed E-state index contributed by atoms with van der Waals surface area (Å²) in [6.45, 7) is 4.97. The van der Waals surface area contributed by atoms with Crippen molar-refractivity contribution in [2.45, 2.75) is 38.9 Å². The molecule has 3 atom stereocenters. The minimum Gasteiger partial charge on any atom is -0.493 e. The molecule has 6 heteroatoms. The molecule has 1 heterocycles. The maximum Gasteiger partial charge on any atom is 0.338 e. The smallest absolute Gasteiger partial charge is 0.338 e. The Morgan fingerprint density at radius 1 is 1.12 bits per heavy atom. The highest BCUT2D eigenvalue weighted by Crippen LogP contribution is 2.53. The highest BCUT2D eigenvalue weighted by Gasteiger charge is 2.60. The van der Waals surface area contributed by atoms with Crippen LogP contribution in [0.25, 0.3) is 0 Å². The van der Waals surface area contributed by atoms with Crippen LogP contribution in [0.15, 0.2) is 12.1 Å². The first-order valence-corrected chi connectivity index (χ1v) is 8.56. The summed E-state index contributed by atoms with van der Waals surface area (Å²) in [5, 5.41) is 0. The zero-order valence-electron chi connectivity index (χ0n) is 15.5. The molecule has 3 rings (SSSR count). The summed E-state index contributed by atoms with van der Waals surface area (Å²) in [4.78, 5) is 12.7. The molecule has 0 aromatic heterocycles. The summed E-state index contributed by atoms with van der Waals surface area (Å²) in [5.74, 6) is 1.20. The van der Waals surface area contributed by atoms with Crippen LogP contribution in [0.3, 0.4) is 0 Å². The molecule has 1 saturated carbocycles. The second-order valence-corrected chi connectivity index (χ2v) is 7.16. The maximum atomic E-state index is 12.7. The van der Waals surface area contributed by atoms with Crippen molar-refractivity contribution in [2.75, 3.05) is 27.9 Å². The standard InChI is InChI=1S/C19H26O6/c1-19(2)16-12(7-6-8-24-16)17(19)25-18(20)11-9-13(21-3)15(23-5)14(10-11)22-4/h9-10,12,16-17H,6-8H2,1-5H3/t12-,16-,17-/m1/s1. The molecule has 138 valence electrons. The van der Waals surface area contributed by atoms with Crippen LogP contribution in [0, 0.1) is 11.3 Å². The molecule has 1 aliphatic carbocycles. The van der Waals surface area contributed by atoms with Crippen molar-refractivity contribution in [1.82, 2.24) is 0 Å². The van der Waals surface area contributed by atoms with E-state index >= 15 is 0 Å². The average molecular weight is 350 g/mol. The summed E-state index contributed by atoms with van der Waals surface area (Å²) >= 11 is 0. The van der Waals surface area contributed by atoms with Gasteiger partial charge in [0.2, 0.25) is 5.75 Å². The maximum absolute atomic E-state index is 12.7. The van der Waals surface area contributed by atoms with Gasteiger partial charge in [-0.15, -0.1) is 0 Å². The van der Waals surface area contributed by atoms with Gasteiger partial charge < -0.3 is 23.7 Å². The van der Waals surface area contributed by atoms with Crippen LogP contribution in [-0.2, 0) is 9.47 Å². The van der Waals surface area contributed by atoms with E-state index in [0.717, 1.165) is 19.4 Å². The molecule has 1 aromatic rings. The van der Waals surface area contributed by atoms with Crippen LogP contribution < -0.4 is 14.2 Å². The zero-order valence-corrected chi connectivity index (χ0v) is 15.5. The van der Waals surface area contributed by atoms with Crippen molar-refractivity contribution in [2.24, 2.45) is 11.3 Å². The number of methoxy groups -OCH3 is 3. The molecule has 0 radical (unpaired) electrons. The number of benzene rings is 1. The Labute approximate surface area is 148 Å². The molecule has 1 saturated heterocycles. The van der Waals surface area contributed by atoms with Crippen LogP contribution in [-0.4, -0.2) is 46.1 Å².